The fourth-order valence-corrected chi connectivity index (χ4v) is 4.30. The number of Topliss-reactive ketones (excluding diaryl/α,β-unsaturated/α-hetero) is 2. The summed E-state index contributed by atoms with van der Waals surface area (Å²) in [6.45, 7) is 2.57. The highest BCUT2D eigenvalue weighted by molar-refractivity contribution is 6.36. The molecule has 134 valence electrons. The average molecular weight is 350 g/mol. The van der Waals surface area contributed by atoms with Crippen LogP contribution in [0.4, 0.5) is 0 Å². The summed E-state index contributed by atoms with van der Waals surface area (Å²) in [4.78, 5) is 24.3. The van der Waals surface area contributed by atoms with Crippen LogP contribution in [-0.4, -0.2) is 31.1 Å². The van der Waals surface area contributed by atoms with Crippen molar-refractivity contribution in [3.8, 4) is 11.1 Å². The Labute approximate surface area is 153 Å². The number of ether oxygens (including phenoxy) is 2. The van der Waals surface area contributed by atoms with Crippen molar-refractivity contribution in [2.75, 3.05) is 13.2 Å². The highest BCUT2D eigenvalue weighted by Gasteiger charge is 2.45. The summed E-state index contributed by atoms with van der Waals surface area (Å²) >= 11 is 0. The van der Waals surface area contributed by atoms with Crippen LogP contribution in [0.1, 0.15) is 37.3 Å². The molecule has 4 nitrogen and oxygen atoms in total. The number of benzene rings is 2. The Bertz CT molecular complexity index is 803. The largest absolute Gasteiger partial charge is 0.350 e. The Morgan fingerprint density at radius 3 is 2.04 bits per heavy atom. The number of carbonyl (C=O) groups excluding carboxylic acids is 2. The maximum Gasteiger partial charge on any atom is 0.199 e. The van der Waals surface area contributed by atoms with Crippen molar-refractivity contribution in [1.82, 2.24) is 0 Å². The van der Waals surface area contributed by atoms with Gasteiger partial charge < -0.3 is 9.47 Å². The van der Waals surface area contributed by atoms with E-state index in [2.05, 4.69) is 24.3 Å². The highest BCUT2D eigenvalue weighted by Crippen LogP contribution is 2.53. The SMILES string of the molecule is CC(=O)C(=O)CC1(CCC2OCCO2)c2ccccc2-c2ccccc21. The molecule has 26 heavy (non-hydrogen) atoms. The van der Waals surface area contributed by atoms with E-state index in [1.54, 1.807) is 0 Å². The maximum atomic E-state index is 12.5. The van der Waals surface area contributed by atoms with Crippen molar-refractivity contribution in [3.05, 3.63) is 59.7 Å². The summed E-state index contributed by atoms with van der Waals surface area (Å²) < 4.78 is 11.2. The van der Waals surface area contributed by atoms with Crippen molar-refractivity contribution in [2.45, 2.75) is 37.9 Å². The second kappa shape index (κ2) is 6.78. The fourth-order valence-electron chi connectivity index (χ4n) is 4.30. The van der Waals surface area contributed by atoms with Gasteiger partial charge in [-0.3, -0.25) is 9.59 Å². The summed E-state index contributed by atoms with van der Waals surface area (Å²) in [5.41, 5.74) is 4.02. The van der Waals surface area contributed by atoms with E-state index in [9.17, 15) is 9.59 Å². The van der Waals surface area contributed by atoms with Crippen LogP contribution >= 0.6 is 0 Å². The monoisotopic (exact) mass is 350 g/mol. The van der Waals surface area contributed by atoms with E-state index in [1.165, 1.54) is 6.92 Å². The zero-order valence-electron chi connectivity index (χ0n) is 14.9. The van der Waals surface area contributed by atoms with E-state index >= 15 is 0 Å². The minimum atomic E-state index is -0.509. The molecular weight excluding hydrogens is 328 g/mol. The summed E-state index contributed by atoms with van der Waals surface area (Å²) in [7, 11) is 0. The van der Waals surface area contributed by atoms with Gasteiger partial charge in [-0.1, -0.05) is 48.5 Å². The van der Waals surface area contributed by atoms with Gasteiger partial charge in [0, 0.05) is 18.8 Å². The summed E-state index contributed by atoms with van der Waals surface area (Å²) in [6.07, 6.45) is 1.33. The first kappa shape index (κ1) is 17.1. The van der Waals surface area contributed by atoms with Gasteiger partial charge in [-0.25, -0.2) is 0 Å². The molecule has 0 bridgehead atoms. The lowest BCUT2D eigenvalue weighted by molar-refractivity contribution is -0.136. The molecule has 0 saturated carbocycles. The molecular formula is C22H22O4. The molecule has 1 aliphatic carbocycles. The molecule has 2 aromatic carbocycles. The molecule has 0 aromatic heterocycles. The van der Waals surface area contributed by atoms with Crippen molar-refractivity contribution >= 4 is 11.6 Å². The molecule has 4 heteroatoms. The van der Waals surface area contributed by atoms with Crippen molar-refractivity contribution in [1.29, 1.82) is 0 Å². The first-order chi connectivity index (χ1) is 12.6. The molecule has 0 radical (unpaired) electrons. The third-order valence-electron chi connectivity index (χ3n) is 5.53. The first-order valence-corrected chi connectivity index (χ1v) is 9.08. The third-order valence-corrected chi connectivity index (χ3v) is 5.53. The zero-order chi connectivity index (χ0) is 18.1. The Morgan fingerprint density at radius 1 is 0.962 bits per heavy atom. The van der Waals surface area contributed by atoms with E-state index in [0.29, 0.717) is 26.1 Å². The van der Waals surface area contributed by atoms with Gasteiger partial charge in [0.1, 0.15) is 0 Å². The minimum Gasteiger partial charge on any atom is -0.350 e. The minimum absolute atomic E-state index is 0.184. The van der Waals surface area contributed by atoms with Gasteiger partial charge in [0.2, 0.25) is 0 Å². The molecule has 0 atom stereocenters. The van der Waals surface area contributed by atoms with Crippen LogP contribution in [0.25, 0.3) is 11.1 Å². The number of hydrogen-bond donors (Lipinski definition) is 0. The molecule has 4 rings (SSSR count). The van der Waals surface area contributed by atoms with Gasteiger partial charge in [0.15, 0.2) is 17.9 Å². The second-order valence-electron chi connectivity index (χ2n) is 7.04. The number of carbonyl (C=O) groups is 2. The van der Waals surface area contributed by atoms with Gasteiger partial charge in [0.05, 0.1) is 13.2 Å². The molecule has 1 saturated heterocycles. The lowest BCUT2D eigenvalue weighted by Crippen LogP contribution is -2.32. The molecule has 0 unspecified atom stereocenters. The average Bonchev–Trinajstić information content (AvgIpc) is 3.26. The van der Waals surface area contributed by atoms with Gasteiger partial charge >= 0.3 is 0 Å². The zero-order valence-corrected chi connectivity index (χ0v) is 14.9. The number of fused-ring (bicyclic) bond motifs is 3. The molecule has 1 heterocycles. The van der Waals surface area contributed by atoms with E-state index in [-0.39, 0.29) is 24.3 Å². The van der Waals surface area contributed by atoms with E-state index in [0.717, 1.165) is 22.3 Å². The molecule has 0 amide bonds. The van der Waals surface area contributed by atoms with Crippen LogP contribution in [0, 0.1) is 0 Å². The predicted molar refractivity (Wildman–Crippen MR) is 97.9 cm³/mol. The fraction of sp³-hybridized carbons (Fsp3) is 0.364. The number of hydrogen-bond acceptors (Lipinski definition) is 4. The van der Waals surface area contributed by atoms with Crippen LogP contribution in [0.5, 0.6) is 0 Å². The van der Waals surface area contributed by atoms with Gasteiger partial charge in [-0.2, -0.15) is 0 Å². The molecule has 2 aromatic rings. The topological polar surface area (TPSA) is 52.6 Å². The van der Waals surface area contributed by atoms with Crippen LogP contribution < -0.4 is 0 Å². The molecule has 1 fully saturated rings. The van der Waals surface area contributed by atoms with Crippen LogP contribution in [0.3, 0.4) is 0 Å². The van der Waals surface area contributed by atoms with Crippen LogP contribution in [0.15, 0.2) is 48.5 Å². The number of ketones is 2. The standard InChI is InChI=1S/C22H22O4/c1-15(23)20(24)14-22(11-10-21-25-12-13-26-21)18-8-4-2-6-16(18)17-7-3-5-9-19(17)22/h2-9,21H,10-14H2,1H3. The summed E-state index contributed by atoms with van der Waals surface area (Å²) in [6, 6.07) is 16.4. The van der Waals surface area contributed by atoms with E-state index in [4.69, 9.17) is 9.47 Å². The van der Waals surface area contributed by atoms with E-state index in [1.807, 2.05) is 24.3 Å². The van der Waals surface area contributed by atoms with Crippen molar-refractivity contribution < 1.29 is 19.1 Å². The second-order valence-corrected chi connectivity index (χ2v) is 7.04. The molecule has 2 aliphatic rings. The first-order valence-electron chi connectivity index (χ1n) is 9.08. The maximum absolute atomic E-state index is 12.5. The Morgan fingerprint density at radius 2 is 1.50 bits per heavy atom. The Hall–Kier alpha value is -2.30. The predicted octanol–water partition coefficient (Wildman–Crippen LogP) is 3.65. The normalized spacial score (nSPS) is 17.7. The molecule has 1 aliphatic heterocycles. The Balaban J connectivity index is 1.80. The van der Waals surface area contributed by atoms with Crippen LogP contribution in [-0.2, 0) is 24.5 Å². The highest BCUT2D eigenvalue weighted by atomic mass is 16.7. The van der Waals surface area contributed by atoms with Gasteiger partial charge in [-0.05, 0) is 35.1 Å². The van der Waals surface area contributed by atoms with Gasteiger partial charge in [-0.15, -0.1) is 0 Å². The van der Waals surface area contributed by atoms with Crippen molar-refractivity contribution in [3.63, 3.8) is 0 Å². The van der Waals surface area contributed by atoms with E-state index < -0.39 is 5.41 Å². The lowest BCUT2D eigenvalue weighted by Gasteiger charge is -2.32. The quantitative estimate of drug-likeness (QED) is 0.746. The van der Waals surface area contributed by atoms with Crippen molar-refractivity contribution in [2.24, 2.45) is 0 Å². The summed E-state index contributed by atoms with van der Waals surface area (Å²) in [5, 5.41) is 0. The smallest absolute Gasteiger partial charge is 0.199 e. The number of rotatable bonds is 6. The van der Waals surface area contributed by atoms with Gasteiger partial charge in [0.25, 0.3) is 0 Å². The lowest BCUT2D eigenvalue weighted by atomic mass is 9.70. The summed E-state index contributed by atoms with van der Waals surface area (Å²) in [5.74, 6) is -0.718. The molecule has 0 spiro atoms. The van der Waals surface area contributed by atoms with Crippen LogP contribution in [0.2, 0.25) is 0 Å². The molecule has 0 N–H and O–H groups in total. The Kier molecular flexibility index (Phi) is 4.47. The third kappa shape index (κ3) is 2.79.